The van der Waals surface area contributed by atoms with Crippen LogP contribution in [0.4, 0.5) is 18.9 Å². The number of nitrogens with two attached hydrogens (primary N) is 1. The predicted octanol–water partition coefficient (Wildman–Crippen LogP) is 1.67. The van der Waals surface area contributed by atoms with E-state index in [-0.39, 0.29) is 29.6 Å². The summed E-state index contributed by atoms with van der Waals surface area (Å²) in [5.41, 5.74) is 5.84. The van der Waals surface area contributed by atoms with Crippen LogP contribution in [0.3, 0.4) is 0 Å². The number of anilines is 1. The summed E-state index contributed by atoms with van der Waals surface area (Å²) in [5.74, 6) is -1.22. The average molecular weight is 377 g/mol. The molecule has 0 aliphatic rings. The molecule has 10 heteroatoms. The molecule has 0 aliphatic carbocycles. The molecule has 4 N–H and O–H groups in total. The molecule has 0 fully saturated rings. The first-order chi connectivity index (χ1) is 12.0. The summed E-state index contributed by atoms with van der Waals surface area (Å²) in [5, 5.41) is 4.83. The maximum Gasteiger partial charge on any atom is 0.422 e. The highest BCUT2D eigenvalue weighted by molar-refractivity contribution is 5.95. The molecule has 0 unspecified atom stereocenters. The molecule has 1 atom stereocenters. The number of methoxy groups -OCH3 is 1. The number of rotatable bonds is 8. The zero-order valence-corrected chi connectivity index (χ0v) is 14.6. The number of halogens is 3. The van der Waals surface area contributed by atoms with E-state index in [2.05, 4.69) is 15.4 Å². The fraction of sp³-hybridized carbons (Fsp3) is 0.500. The van der Waals surface area contributed by atoms with Gasteiger partial charge in [-0.2, -0.15) is 13.2 Å². The monoisotopic (exact) mass is 377 g/mol. The van der Waals surface area contributed by atoms with Gasteiger partial charge in [-0.15, -0.1) is 0 Å². The number of hydrogen-bond acceptors (Lipinski definition) is 5. The average Bonchev–Trinajstić information content (AvgIpc) is 2.56. The Labute approximate surface area is 149 Å². The molecular weight excluding hydrogens is 355 g/mol. The Morgan fingerprint density at radius 3 is 2.42 bits per heavy atom. The van der Waals surface area contributed by atoms with Crippen LogP contribution in [0.15, 0.2) is 18.2 Å². The molecule has 0 heterocycles. The second-order valence-electron chi connectivity index (χ2n) is 5.81. The Morgan fingerprint density at radius 2 is 1.88 bits per heavy atom. The number of carbonyl (C=O) groups is 2. The molecule has 2 amide bonds. The highest BCUT2D eigenvalue weighted by Crippen LogP contribution is 2.31. The Kier molecular flexibility index (Phi) is 7.69. The van der Waals surface area contributed by atoms with Crippen LogP contribution in [0.25, 0.3) is 0 Å². The van der Waals surface area contributed by atoms with Crippen molar-refractivity contribution < 1.29 is 32.2 Å². The number of carbonyl (C=O) groups excluding carboxylic acids is 2. The molecule has 26 heavy (non-hydrogen) atoms. The van der Waals surface area contributed by atoms with Crippen molar-refractivity contribution in [1.29, 1.82) is 0 Å². The van der Waals surface area contributed by atoms with Gasteiger partial charge in [-0.3, -0.25) is 9.59 Å². The Morgan fingerprint density at radius 1 is 1.23 bits per heavy atom. The van der Waals surface area contributed by atoms with Gasteiger partial charge >= 0.3 is 6.18 Å². The van der Waals surface area contributed by atoms with Gasteiger partial charge in [0.05, 0.1) is 19.7 Å². The van der Waals surface area contributed by atoms with E-state index in [0.29, 0.717) is 0 Å². The molecule has 0 spiro atoms. The predicted molar refractivity (Wildman–Crippen MR) is 89.0 cm³/mol. The number of hydrogen-bond donors (Lipinski definition) is 3. The summed E-state index contributed by atoms with van der Waals surface area (Å²) < 4.78 is 46.5. The molecule has 1 rings (SSSR count). The van der Waals surface area contributed by atoms with Crippen molar-refractivity contribution >= 4 is 17.5 Å². The third-order valence-corrected chi connectivity index (χ3v) is 3.28. The van der Waals surface area contributed by atoms with Crippen LogP contribution in [0.5, 0.6) is 11.5 Å². The standard InChI is InChI=1S/C16H22F3N3O4/c1-9(2)14(20)15(24)21-7-13(23)22-10-4-5-11(25-3)12(6-10)26-8-16(17,18)19/h4-6,9,14H,7-8,20H2,1-3H3,(H,21,24)(H,22,23)/t14-/m0/s1. The normalized spacial score (nSPS) is 12.5. The van der Waals surface area contributed by atoms with E-state index in [0.717, 1.165) is 0 Å². The quantitative estimate of drug-likeness (QED) is 0.640. The molecule has 0 saturated carbocycles. The van der Waals surface area contributed by atoms with Gasteiger partial charge < -0.3 is 25.8 Å². The lowest BCUT2D eigenvalue weighted by molar-refractivity contribution is -0.153. The minimum atomic E-state index is -4.51. The van der Waals surface area contributed by atoms with Gasteiger partial charge in [0.2, 0.25) is 11.8 Å². The van der Waals surface area contributed by atoms with Crippen LogP contribution < -0.4 is 25.8 Å². The van der Waals surface area contributed by atoms with Crippen molar-refractivity contribution in [2.45, 2.75) is 26.1 Å². The Bertz CT molecular complexity index is 636. The first kappa shape index (κ1) is 21.6. The van der Waals surface area contributed by atoms with Gasteiger partial charge in [0.25, 0.3) is 0 Å². The zero-order valence-electron chi connectivity index (χ0n) is 14.6. The molecule has 1 aromatic carbocycles. The number of benzene rings is 1. The lowest BCUT2D eigenvalue weighted by atomic mass is 10.1. The number of nitrogens with one attached hydrogen (secondary N) is 2. The van der Waals surface area contributed by atoms with Crippen molar-refractivity contribution in [1.82, 2.24) is 5.32 Å². The van der Waals surface area contributed by atoms with E-state index in [1.807, 2.05) is 0 Å². The highest BCUT2D eigenvalue weighted by Gasteiger charge is 2.29. The van der Waals surface area contributed by atoms with Crippen LogP contribution >= 0.6 is 0 Å². The lowest BCUT2D eigenvalue weighted by Gasteiger charge is -2.16. The Hall–Kier alpha value is -2.49. The highest BCUT2D eigenvalue weighted by atomic mass is 19.4. The minimum absolute atomic E-state index is 0.0865. The zero-order chi connectivity index (χ0) is 19.9. The topological polar surface area (TPSA) is 103 Å². The summed E-state index contributed by atoms with van der Waals surface area (Å²) in [6, 6.07) is 3.24. The van der Waals surface area contributed by atoms with Crippen LogP contribution in [-0.2, 0) is 9.59 Å². The van der Waals surface area contributed by atoms with Gasteiger partial charge in [0.15, 0.2) is 18.1 Å². The number of ether oxygens (including phenoxy) is 2. The minimum Gasteiger partial charge on any atom is -0.493 e. The summed E-state index contributed by atoms with van der Waals surface area (Å²) >= 11 is 0. The van der Waals surface area contributed by atoms with Crippen LogP contribution in [0, 0.1) is 5.92 Å². The molecule has 0 saturated heterocycles. The molecule has 0 aromatic heterocycles. The van der Waals surface area contributed by atoms with Crippen LogP contribution in [0.2, 0.25) is 0 Å². The van der Waals surface area contributed by atoms with Crippen molar-refractivity contribution in [3.05, 3.63) is 18.2 Å². The SMILES string of the molecule is COc1ccc(NC(=O)CNC(=O)[C@@H](N)C(C)C)cc1OCC(F)(F)F. The summed E-state index contributed by atoms with van der Waals surface area (Å²) in [4.78, 5) is 23.6. The number of amides is 2. The van der Waals surface area contributed by atoms with Crippen LogP contribution in [0.1, 0.15) is 13.8 Å². The second kappa shape index (κ2) is 9.27. The van der Waals surface area contributed by atoms with Crippen molar-refractivity contribution in [3.63, 3.8) is 0 Å². The van der Waals surface area contributed by atoms with Gasteiger partial charge in [0.1, 0.15) is 0 Å². The maximum absolute atomic E-state index is 12.3. The van der Waals surface area contributed by atoms with E-state index >= 15 is 0 Å². The maximum atomic E-state index is 12.3. The fourth-order valence-electron chi connectivity index (χ4n) is 1.82. The van der Waals surface area contributed by atoms with E-state index in [4.69, 9.17) is 10.5 Å². The van der Waals surface area contributed by atoms with Crippen molar-refractivity contribution in [3.8, 4) is 11.5 Å². The largest absolute Gasteiger partial charge is 0.493 e. The second-order valence-corrected chi connectivity index (χ2v) is 5.81. The summed E-state index contributed by atoms with van der Waals surface area (Å²) in [6.07, 6.45) is -4.51. The van der Waals surface area contributed by atoms with E-state index in [1.54, 1.807) is 13.8 Å². The number of alkyl halides is 3. The van der Waals surface area contributed by atoms with Gasteiger partial charge in [-0.25, -0.2) is 0 Å². The molecule has 0 radical (unpaired) electrons. The van der Waals surface area contributed by atoms with Crippen molar-refractivity contribution in [2.75, 3.05) is 25.6 Å². The van der Waals surface area contributed by atoms with E-state index in [1.165, 1.54) is 25.3 Å². The van der Waals surface area contributed by atoms with Crippen LogP contribution in [-0.4, -0.2) is 44.3 Å². The molecule has 0 aliphatic heterocycles. The summed E-state index contributed by atoms with van der Waals surface area (Å²) in [6.45, 7) is 1.71. The Balaban J connectivity index is 2.68. The first-order valence-electron chi connectivity index (χ1n) is 7.74. The molecule has 0 bridgehead atoms. The van der Waals surface area contributed by atoms with E-state index < -0.39 is 30.6 Å². The molecular formula is C16H22F3N3O4. The third kappa shape index (κ3) is 7.18. The van der Waals surface area contributed by atoms with E-state index in [9.17, 15) is 22.8 Å². The molecule has 146 valence electrons. The smallest absolute Gasteiger partial charge is 0.422 e. The van der Waals surface area contributed by atoms with Gasteiger partial charge in [-0.1, -0.05) is 13.8 Å². The van der Waals surface area contributed by atoms with Crippen molar-refractivity contribution in [2.24, 2.45) is 11.7 Å². The lowest BCUT2D eigenvalue weighted by Crippen LogP contribution is -2.46. The summed E-state index contributed by atoms with van der Waals surface area (Å²) in [7, 11) is 1.28. The van der Waals surface area contributed by atoms with Gasteiger partial charge in [-0.05, 0) is 18.1 Å². The molecule has 1 aromatic rings. The third-order valence-electron chi connectivity index (χ3n) is 3.28. The fourth-order valence-corrected chi connectivity index (χ4v) is 1.82. The first-order valence-corrected chi connectivity index (χ1v) is 7.74. The molecule has 7 nitrogen and oxygen atoms in total. The van der Waals surface area contributed by atoms with Gasteiger partial charge in [0, 0.05) is 11.8 Å².